The van der Waals surface area contributed by atoms with Crippen molar-refractivity contribution < 1.29 is 24.2 Å². The third-order valence-corrected chi connectivity index (χ3v) is 3.66. The van der Waals surface area contributed by atoms with Crippen LogP contribution in [0.3, 0.4) is 0 Å². The van der Waals surface area contributed by atoms with E-state index in [0.717, 1.165) is 5.56 Å². The molecule has 2 amide bonds. The number of benzene rings is 2. The Balaban J connectivity index is 2.10. The first-order valence-corrected chi connectivity index (χ1v) is 8.28. The van der Waals surface area contributed by atoms with E-state index in [-0.39, 0.29) is 25.0 Å². The monoisotopic (exact) mass is 370 g/mol. The zero-order valence-corrected chi connectivity index (χ0v) is 15.2. The predicted octanol–water partition coefficient (Wildman–Crippen LogP) is 2.08. The molecule has 0 aromatic heterocycles. The van der Waals surface area contributed by atoms with Crippen molar-refractivity contribution in [2.75, 3.05) is 32.7 Å². The van der Waals surface area contributed by atoms with E-state index >= 15 is 0 Å². The van der Waals surface area contributed by atoms with Crippen molar-refractivity contribution in [2.45, 2.75) is 0 Å². The first-order chi connectivity index (χ1) is 13.1. The molecule has 0 aliphatic carbocycles. The fourth-order valence-electron chi connectivity index (χ4n) is 2.36. The maximum absolute atomic E-state index is 12.2. The highest BCUT2D eigenvalue weighted by Gasteiger charge is 2.11. The van der Waals surface area contributed by atoms with Gasteiger partial charge >= 0.3 is 0 Å². The summed E-state index contributed by atoms with van der Waals surface area (Å²) in [7, 11) is 3.09. The van der Waals surface area contributed by atoms with E-state index in [4.69, 9.17) is 14.6 Å². The maximum Gasteiger partial charge on any atom is 0.253 e. The molecule has 27 heavy (non-hydrogen) atoms. The third-order valence-electron chi connectivity index (χ3n) is 3.66. The molecule has 7 nitrogen and oxygen atoms in total. The SMILES string of the molecule is COc1ccc(/C=C/C(=O)Nc2ccccc2C(=O)NCCO)cc1OC. The number of carbonyl (C=O) groups excluding carboxylic acids is 2. The van der Waals surface area contributed by atoms with Crippen LogP contribution in [0.25, 0.3) is 6.08 Å². The molecule has 0 aliphatic rings. The van der Waals surface area contributed by atoms with Gasteiger partial charge in [0, 0.05) is 12.6 Å². The number of carbonyl (C=O) groups is 2. The van der Waals surface area contributed by atoms with Gasteiger partial charge in [-0.15, -0.1) is 0 Å². The summed E-state index contributed by atoms with van der Waals surface area (Å²) in [6.45, 7) is -0.0192. The van der Waals surface area contributed by atoms with Gasteiger partial charge in [-0.05, 0) is 35.9 Å². The number of methoxy groups -OCH3 is 2. The summed E-state index contributed by atoms with van der Waals surface area (Å²) in [6, 6.07) is 11.9. The fourth-order valence-corrected chi connectivity index (χ4v) is 2.36. The van der Waals surface area contributed by atoms with E-state index in [1.807, 2.05) is 0 Å². The van der Waals surface area contributed by atoms with Crippen molar-refractivity contribution in [2.24, 2.45) is 0 Å². The number of rotatable bonds is 8. The molecule has 0 heterocycles. The summed E-state index contributed by atoms with van der Waals surface area (Å²) in [5.41, 5.74) is 1.46. The lowest BCUT2D eigenvalue weighted by Crippen LogP contribution is -2.27. The summed E-state index contributed by atoms with van der Waals surface area (Å²) in [4.78, 5) is 24.3. The molecule has 0 saturated carbocycles. The molecule has 2 rings (SSSR count). The average Bonchev–Trinajstić information content (AvgIpc) is 2.70. The Kier molecular flexibility index (Phi) is 7.39. The van der Waals surface area contributed by atoms with Crippen molar-refractivity contribution in [1.82, 2.24) is 5.32 Å². The van der Waals surface area contributed by atoms with Gasteiger partial charge in [0.1, 0.15) is 0 Å². The van der Waals surface area contributed by atoms with Gasteiger partial charge in [0.2, 0.25) is 5.91 Å². The second-order valence-corrected chi connectivity index (χ2v) is 5.46. The van der Waals surface area contributed by atoms with E-state index in [0.29, 0.717) is 22.7 Å². The van der Waals surface area contributed by atoms with Gasteiger partial charge in [0.05, 0.1) is 32.1 Å². The Hall–Kier alpha value is -3.32. The minimum Gasteiger partial charge on any atom is -0.493 e. The fraction of sp³-hybridized carbons (Fsp3) is 0.200. The highest BCUT2D eigenvalue weighted by Crippen LogP contribution is 2.28. The summed E-state index contributed by atoms with van der Waals surface area (Å²) in [5, 5.41) is 14.1. The van der Waals surface area contributed by atoms with Gasteiger partial charge in [0.25, 0.3) is 5.91 Å². The molecule has 0 saturated heterocycles. The first-order valence-electron chi connectivity index (χ1n) is 8.28. The van der Waals surface area contributed by atoms with Crippen molar-refractivity contribution >= 4 is 23.6 Å². The number of hydrogen-bond acceptors (Lipinski definition) is 5. The van der Waals surface area contributed by atoms with Crippen LogP contribution in [0.1, 0.15) is 15.9 Å². The Morgan fingerprint density at radius 3 is 2.52 bits per heavy atom. The lowest BCUT2D eigenvalue weighted by Gasteiger charge is -2.10. The number of amides is 2. The molecule has 0 spiro atoms. The van der Waals surface area contributed by atoms with Crippen LogP contribution in [0.4, 0.5) is 5.69 Å². The van der Waals surface area contributed by atoms with Gasteiger partial charge in [-0.2, -0.15) is 0 Å². The standard InChI is InChI=1S/C20H22N2O5/c1-26-17-9-7-14(13-18(17)27-2)8-10-19(24)22-16-6-4-3-5-15(16)20(25)21-11-12-23/h3-10,13,23H,11-12H2,1-2H3,(H,21,25)(H,22,24)/b10-8+. The predicted molar refractivity (Wildman–Crippen MR) is 103 cm³/mol. The average molecular weight is 370 g/mol. The van der Waals surface area contributed by atoms with E-state index in [2.05, 4.69) is 10.6 Å². The third kappa shape index (κ3) is 5.58. The number of anilines is 1. The molecule has 0 bridgehead atoms. The lowest BCUT2D eigenvalue weighted by molar-refractivity contribution is -0.111. The molecule has 142 valence electrons. The molecule has 0 fully saturated rings. The number of para-hydroxylation sites is 1. The maximum atomic E-state index is 12.2. The number of aliphatic hydroxyl groups is 1. The molecular weight excluding hydrogens is 348 g/mol. The molecule has 0 aliphatic heterocycles. The van der Waals surface area contributed by atoms with Crippen molar-refractivity contribution in [1.29, 1.82) is 0 Å². The van der Waals surface area contributed by atoms with Crippen LogP contribution in [0, 0.1) is 0 Å². The minimum atomic E-state index is -0.382. The van der Waals surface area contributed by atoms with E-state index in [1.54, 1.807) is 55.7 Å². The largest absolute Gasteiger partial charge is 0.493 e. The Labute approximate surface area is 157 Å². The van der Waals surface area contributed by atoms with Crippen LogP contribution in [-0.2, 0) is 4.79 Å². The zero-order chi connectivity index (χ0) is 19.6. The smallest absolute Gasteiger partial charge is 0.253 e. The molecular formula is C20H22N2O5. The molecule has 0 radical (unpaired) electrons. The highest BCUT2D eigenvalue weighted by molar-refractivity contribution is 6.07. The second-order valence-electron chi connectivity index (χ2n) is 5.46. The van der Waals surface area contributed by atoms with Crippen molar-refractivity contribution in [3.63, 3.8) is 0 Å². The van der Waals surface area contributed by atoms with E-state index in [9.17, 15) is 9.59 Å². The molecule has 2 aromatic rings. The van der Waals surface area contributed by atoms with Crippen LogP contribution in [0.15, 0.2) is 48.5 Å². The second kappa shape index (κ2) is 9.98. The van der Waals surface area contributed by atoms with Crippen LogP contribution < -0.4 is 20.1 Å². The molecule has 0 unspecified atom stereocenters. The Bertz CT molecular complexity index is 833. The van der Waals surface area contributed by atoms with Gasteiger partial charge in [-0.1, -0.05) is 18.2 Å². The summed E-state index contributed by atoms with van der Waals surface area (Å²) >= 11 is 0. The topological polar surface area (TPSA) is 96.9 Å². The molecule has 0 atom stereocenters. The van der Waals surface area contributed by atoms with Crippen LogP contribution >= 0.6 is 0 Å². The Morgan fingerprint density at radius 2 is 1.81 bits per heavy atom. The van der Waals surface area contributed by atoms with Gasteiger partial charge in [-0.25, -0.2) is 0 Å². The quantitative estimate of drug-likeness (QED) is 0.618. The van der Waals surface area contributed by atoms with E-state index in [1.165, 1.54) is 13.2 Å². The van der Waals surface area contributed by atoms with Crippen molar-refractivity contribution in [3.05, 3.63) is 59.7 Å². The summed E-state index contributed by atoms with van der Waals surface area (Å²) in [5.74, 6) is 0.406. The minimum absolute atomic E-state index is 0.139. The van der Waals surface area contributed by atoms with Crippen molar-refractivity contribution in [3.8, 4) is 11.5 Å². The first kappa shape index (κ1) is 20.0. The molecule has 2 aromatic carbocycles. The number of aliphatic hydroxyl groups excluding tert-OH is 1. The summed E-state index contributed by atoms with van der Waals surface area (Å²) < 4.78 is 10.4. The lowest BCUT2D eigenvalue weighted by atomic mass is 10.1. The van der Waals surface area contributed by atoms with E-state index < -0.39 is 0 Å². The molecule has 3 N–H and O–H groups in total. The van der Waals surface area contributed by atoms with Crippen LogP contribution in [-0.4, -0.2) is 44.3 Å². The van der Waals surface area contributed by atoms with Gasteiger partial charge < -0.3 is 25.2 Å². The number of nitrogens with one attached hydrogen (secondary N) is 2. The number of hydrogen-bond donors (Lipinski definition) is 3. The Morgan fingerprint density at radius 1 is 1.07 bits per heavy atom. The zero-order valence-electron chi connectivity index (χ0n) is 15.2. The van der Waals surface area contributed by atoms with Gasteiger partial charge in [0.15, 0.2) is 11.5 Å². The highest BCUT2D eigenvalue weighted by atomic mass is 16.5. The van der Waals surface area contributed by atoms with Gasteiger partial charge in [-0.3, -0.25) is 9.59 Å². The summed E-state index contributed by atoms with van der Waals surface area (Å²) in [6.07, 6.45) is 3.00. The van der Waals surface area contributed by atoms with Crippen LogP contribution in [0.2, 0.25) is 0 Å². The van der Waals surface area contributed by atoms with Crippen LogP contribution in [0.5, 0.6) is 11.5 Å². The number of ether oxygens (including phenoxy) is 2. The normalized spacial score (nSPS) is 10.5. The molecule has 7 heteroatoms.